The van der Waals surface area contributed by atoms with Crippen molar-refractivity contribution in [3.05, 3.63) is 53.6 Å². The Morgan fingerprint density at radius 3 is 2.76 bits per heavy atom. The minimum absolute atomic E-state index is 0.154. The Bertz CT molecular complexity index is 741. The van der Waals surface area contributed by atoms with E-state index < -0.39 is 0 Å². The van der Waals surface area contributed by atoms with Gasteiger partial charge in [-0.15, -0.1) is 0 Å². The van der Waals surface area contributed by atoms with Crippen molar-refractivity contribution in [2.45, 2.75) is 38.1 Å². The Morgan fingerprint density at radius 1 is 1.24 bits per heavy atom. The van der Waals surface area contributed by atoms with Gasteiger partial charge in [0.1, 0.15) is 0 Å². The topological polar surface area (TPSA) is 47.4 Å². The third-order valence-corrected chi connectivity index (χ3v) is 5.54. The Hall–Kier alpha value is -2.14. The number of likely N-dealkylation sites (tertiary alicyclic amines) is 1. The molecule has 2 fully saturated rings. The fourth-order valence-electron chi connectivity index (χ4n) is 4.01. The number of nitrogens with zero attached hydrogens (tertiary/aromatic N) is 3. The molecule has 0 spiro atoms. The van der Waals surface area contributed by atoms with Crippen molar-refractivity contribution in [3.63, 3.8) is 0 Å². The molecule has 2 aliphatic heterocycles. The summed E-state index contributed by atoms with van der Waals surface area (Å²) >= 11 is 0. The number of carbonyl (C=O) groups excluding carboxylic acids is 1. The van der Waals surface area contributed by atoms with E-state index in [4.69, 9.17) is 4.74 Å². The van der Waals surface area contributed by atoms with Gasteiger partial charge in [0.2, 0.25) is 0 Å². The Morgan fingerprint density at radius 2 is 2.08 bits per heavy atom. The van der Waals surface area contributed by atoms with E-state index in [9.17, 15) is 4.79 Å². The largest absolute Gasteiger partial charge is 0.381 e. The lowest BCUT2D eigenvalue weighted by atomic mass is 9.96. The molecule has 132 valence electrons. The van der Waals surface area contributed by atoms with Crippen molar-refractivity contribution in [3.8, 4) is 0 Å². The van der Waals surface area contributed by atoms with E-state index in [1.165, 1.54) is 11.3 Å². The van der Waals surface area contributed by atoms with Crippen LogP contribution in [-0.4, -0.2) is 46.7 Å². The van der Waals surface area contributed by atoms with Gasteiger partial charge < -0.3 is 14.2 Å². The first-order valence-electron chi connectivity index (χ1n) is 9.18. The van der Waals surface area contributed by atoms with Crippen LogP contribution in [0.3, 0.4) is 0 Å². The molecule has 0 N–H and O–H groups in total. The van der Waals surface area contributed by atoms with Gasteiger partial charge >= 0.3 is 0 Å². The third kappa shape index (κ3) is 3.33. The smallest absolute Gasteiger partial charge is 0.253 e. The summed E-state index contributed by atoms with van der Waals surface area (Å²) in [7, 11) is 0. The monoisotopic (exact) mass is 339 g/mol. The molecule has 4 rings (SSSR count). The van der Waals surface area contributed by atoms with E-state index in [0.29, 0.717) is 12.0 Å². The van der Waals surface area contributed by atoms with Crippen molar-refractivity contribution in [2.24, 2.45) is 0 Å². The van der Waals surface area contributed by atoms with Crippen LogP contribution in [0.15, 0.2) is 36.8 Å². The Kier molecular flexibility index (Phi) is 4.57. The highest BCUT2D eigenvalue weighted by Gasteiger charge is 2.26. The highest BCUT2D eigenvalue weighted by atomic mass is 16.5. The molecule has 3 heterocycles. The highest BCUT2D eigenvalue weighted by molar-refractivity contribution is 5.94. The van der Waals surface area contributed by atoms with Crippen LogP contribution in [0.4, 0.5) is 0 Å². The number of carbonyl (C=O) groups is 1. The summed E-state index contributed by atoms with van der Waals surface area (Å²) in [6.07, 6.45) is 6.83. The number of ether oxygens (including phenoxy) is 1. The molecule has 1 unspecified atom stereocenters. The summed E-state index contributed by atoms with van der Waals surface area (Å²) in [6, 6.07) is 8.57. The minimum Gasteiger partial charge on any atom is -0.381 e. The van der Waals surface area contributed by atoms with Crippen molar-refractivity contribution in [2.75, 3.05) is 26.3 Å². The summed E-state index contributed by atoms with van der Waals surface area (Å²) in [5.74, 6) is 0.587. The Balaban J connectivity index is 1.42. The van der Waals surface area contributed by atoms with Gasteiger partial charge in [-0.25, -0.2) is 4.98 Å². The van der Waals surface area contributed by atoms with Crippen LogP contribution >= 0.6 is 0 Å². The number of aryl methyl sites for hydroxylation is 1. The molecule has 2 saturated heterocycles. The molecule has 2 aliphatic rings. The molecule has 1 atom stereocenters. The molecule has 0 aliphatic carbocycles. The summed E-state index contributed by atoms with van der Waals surface area (Å²) in [5.41, 5.74) is 3.23. The lowest BCUT2D eigenvalue weighted by Crippen LogP contribution is -2.39. The fourth-order valence-corrected chi connectivity index (χ4v) is 4.01. The zero-order valence-corrected chi connectivity index (χ0v) is 14.7. The van der Waals surface area contributed by atoms with Crippen LogP contribution in [0.1, 0.15) is 52.8 Å². The number of hydrogen-bond acceptors (Lipinski definition) is 3. The molecule has 2 aromatic rings. The van der Waals surface area contributed by atoms with Gasteiger partial charge in [-0.3, -0.25) is 4.79 Å². The van der Waals surface area contributed by atoms with Crippen LogP contribution in [0.5, 0.6) is 0 Å². The first kappa shape index (κ1) is 16.3. The predicted octanol–water partition coefficient (Wildman–Crippen LogP) is 3.17. The lowest BCUT2D eigenvalue weighted by molar-refractivity contribution is 0.0694. The zero-order valence-electron chi connectivity index (χ0n) is 14.7. The van der Waals surface area contributed by atoms with E-state index in [2.05, 4.69) is 28.6 Å². The van der Waals surface area contributed by atoms with Crippen LogP contribution in [-0.2, 0) is 4.74 Å². The molecule has 0 saturated carbocycles. The number of hydrogen-bond donors (Lipinski definition) is 0. The van der Waals surface area contributed by atoms with Crippen molar-refractivity contribution < 1.29 is 9.53 Å². The standard InChI is InChI=1S/C20H25N3O2/c1-15-12-21-14-23(15)19-5-8-22(9-6-19)20(24)17-4-2-3-16(11-17)18-7-10-25-13-18/h2-4,11-12,14,18-19H,5-10,13H2,1H3. The van der Waals surface area contributed by atoms with E-state index in [1.807, 2.05) is 29.6 Å². The minimum atomic E-state index is 0.154. The second-order valence-corrected chi connectivity index (χ2v) is 7.15. The maximum atomic E-state index is 12.9. The Labute approximate surface area is 148 Å². The third-order valence-electron chi connectivity index (χ3n) is 5.54. The van der Waals surface area contributed by atoms with Gasteiger partial charge in [-0.05, 0) is 43.9 Å². The second-order valence-electron chi connectivity index (χ2n) is 7.15. The fraction of sp³-hybridized carbons (Fsp3) is 0.500. The van der Waals surface area contributed by atoms with Crippen molar-refractivity contribution in [1.29, 1.82) is 0 Å². The van der Waals surface area contributed by atoms with Gasteiger partial charge in [-0.1, -0.05) is 12.1 Å². The van der Waals surface area contributed by atoms with Gasteiger partial charge in [0.05, 0.1) is 12.9 Å². The van der Waals surface area contributed by atoms with Crippen LogP contribution in [0, 0.1) is 6.92 Å². The molecule has 0 bridgehead atoms. The number of benzene rings is 1. The highest BCUT2D eigenvalue weighted by Crippen LogP contribution is 2.28. The van der Waals surface area contributed by atoms with Crippen molar-refractivity contribution >= 4 is 5.91 Å². The average molecular weight is 339 g/mol. The van der Waals surface area contributed by atoms with E-state index in [1.54, 1.807) is 0 Å². The molecule has 1 aromatic heterocycles. The quantitative estimate of drug-likeness (QED) is 0.863. The maximum absolute atomic E-state index is 12.9. The number of piperidine rings is 1. The molecular formula is C20H25N3O2. The molecule has 1 amide bonds. The molecule has 0 radical (unpaired) electrons. The molecule has 5 nitrogen and oxygen atoms in total. The van der Waals surface area contributed by atoms with Crippen LogP contribution < -0.4 is 0 Å². The number of rotatable bonds is 3. The summed E-state index contributed by atoms with van der Waals surface area (Å²) in [4.78, 5) is 19.1. The van der Waals surface area contributed by atoms with Gasteiger partial charge in [0.25, 0.3) is 5.91 Å². The van der Waals surface area contributed by atoms with Gasteiger partial charge in [0.15, 0.2) is 0 Å². The number of aromatic nitrogens is 2. The van der Waals surface area contributed by atoms with E-state index in [0.717, 1.165) is 51.1 Å². The normalized spacial score (nSPS) is 21.6. The zero-order chi connectivity index (χ0) is 17.2. The summed E-state index contributed by atoms with van der Waals surface area (Å²) in [6.45, 7) is 5.29. The molecule has 1 aromatic carbocycles. The van der Waals surface area contributed by atoms with E-state index >= 15 is 0 Å². The van der Waals surface area contributed by atoms with E-state index in [-0.39, 0.29) is 5.91 Å². The first-order chi connectivity index (χ1) is 12.2. The van der Waals surface area contributed by atoms with Gasteiger partial charge in [-0.2, -0.15) is 0 Å². The predicted molar refractivity (Wildman–Crippen MR) is 95.8 cm³/mol. The lowest BCUT2D eigenvalue weighted by Gasteiger charge is -2.33. The van der Waals surface area contributed by atoms with Crippen LogP contribution in [0.25, 0.3) is 0 Å². The summed E-state index contributed by atoms with van der Waals surface area (Å²) in [5, 5.41) is 0. The number of amides is 1. The summed E-state index contributed by atoms with van der Waals surface area (Å²) < 4.78 is 7.72. The number of imidazole rings is 1. The van der Waals surface area contributed by atoms with Gasteiger partial charge in [0, 0.05) is 49.1 Å². The van der Waals surface area contributed by atoms with Crippen LogP contribution in [0.2, 0.25) is 0 Å². The van der Waals surface area contributed by atoms with Crippen molar-refractivity contribution in [1.82, 2.24) is 14.5 Å². The molecule has 5 heteroatoms. The molecule has 25 heavy (non-hydrogen) atoms. The molecular weight excluding hydrogens is 314 g/mol. The second kappa shape index (κ2) is 7.00. The SMILES string of the molecule is Cc1cncn1C1CCN(C(=O)c2cccc(C3CCOC3)c2)CC1. The average Bonchev–Trinajstić information content (AvgIpc) is 3.33. The maximum Gasteiger partial charge on any atom is 0.253 e. The first-order valence-corrected chi connectivity index (χ1v) is 9.18.